The van der Waals surface area contributed by atoms with Gasteiger partial charge in [0, 0.05) is 18.0 Å². The summed E-state index contributed by atoms with van der Waals surface area (Å²) in [6, 6.07) is 5.23. The smallest absolute Gasteiger partial charge is 0.268 e. The number of benzene rings is 1. The highest BCUT2D eigenvalue weighted by molar-refractivity contribution is 7.99. The standard InChI is InChI=1S/C16H19Cl2N5OS/c1-16(7-19)5-6-23(8-16)15-21-13(20)12(14(24)22-15)25-10-4-2-3-9(17)11(10)18/h2-4H,5-8,19H2,1H3,(H3,20,21,22,24). The molecule has 1 saturated heterocycles. The van der Waals surface area contributed by atoms with E-state index >= 15 is 0 Å². The van der Waals surface area contributed by atoms with Crippen molar-refractivity contribution < 1.29 is 0 Å². The fourth-order valence-corrected chi connectivity index (χ4v) is 4.09. The average Bonchev–Trinajstić information content (AvgIpc) is 2.98. The van der Waals surface area contributed by atoms with Crippen LogP contribution < -0.4 is 21.9 Å². The molecule has 1 fully saturated rings. The molecule has 5 N–H and O–H groups in total. The maximum absolute atomic E-state index is 12.5. The van der Waals surface area contributed by atoms with Gasteiger partial charge in [0.2, 0.25) is 5.95 Å². The summed E-state index contributed by atoms with van der Waals surface area (Å²) in [5.74, 6) is 0.641. The van der Waals surface area contributed by atoms with Crippen LogP contribution in [0.2, 0.25) is 10.0 Å². The van der Waals surface area contributed by atoms with Crippen LogP contribution in [0.1, 0.15) is 13.3 Å². The minimum atomic E-state index is -0.301. The van der Waals surface area contributed by atoms with Crippen LogP contribution >= 0.6 is 35.0 Å². The van der Waals surface area contributed by atoms with Crippen LogP contribution in [-0.2, 0) is 0 Å². The summed E-state index contributed by atoms with van der Waals surface area (Å²) in [6.07, 6.45) is 0.946. The highest BCUT2D eigenvalue weighted by atomic mass is 35.5. The summed E-state index contributed by atoms with van der Waals surface area (Å²) in [7, 11) is 0. The minimum absolute atomic E-state index is 0.0229. The predicted molar refractivity (Wildman–Crippen MR) is 104 cm³/mol. The maximum Gasteiger partial charge on any atom is 0.268 e. The Balaban J connectivity index is 1.89. The molecule has 1 aromatic carbocycles. The molecule has 0 bridgehead atoms. The van der Waals surface area contributed by atoms with Crippen molar-refractivity contribution in [2.24, 2.45) is 11.1 Å². The van der Waals surface area contributed by atoms with Crippen molar-refractivity contribution in [1.29, 1.82) is 0 Å². The molecule has 2 heterocycles. The number of hydrogen-bond donors (Lipinski definition) is 3. The molecule has 0 spiro atoms. The summed E-state index contributed by atoms with van der Waals surface area (Å²) in [4.78, 5) is 22.7. The van der Waals surface area contributed by atoms with Crippen molar-refractivity contribution in [3.63, 3.8) is 0 Å². The van der Waals surface area contributed by atoms with E-state index < -0.39 is 0 Å². The normalized spacial score (nSPS) is 20.2. The molecule has 6 nitrogen and oxygen atoms in total. The van der Waals surface area contributed by atoms with Gasteiger partial charge >= 0.3 is 0 Å². The Morgan fingerprint density at radius 3 is 2.84 bits per heavy atom. The van der Waals surface area contributed by atoms with Gasteiger partial charge in [-0.3, -0.25) is 9.78 Å². The molecule has 2 aromatic rings. The predicted octanol–water partition coefficient (Wildman–Crippen LogP) is 2.99. The lowest BCUT2D eigenvalue weighted by atomic mass is 9.90. The van der Waals surface area contributed by atoms with E-state index in [1.54, 1.807) is 18.2 Å². The quantitative estimate of drug-likeness (QED) is 0.730. The van der Waals surface area contributed by atoms with Gasteiger partial charge in [0.1, 0.15) is 10.7 Å². The number of aromatic amines is 1. The van der Waals surface area contributed by atoms with E-state index in [0.29, 0.717) is 32.3 Å². The zero-order valence-electron chi connectivity index (χ0n) is 13.7. The zero-order valence-corrected chi connectivity index (χ0v) is 16.0. The SMILES string of the molecule is CC1(CN)CCN(c2nc(N)c(Sc3cccc(Cl)c3Cl)c(=O)[nH]2)C1. The van der Waals surface area contributed by atoms with Crippen molar-refractivity contribution in [3.05, 3.63) is 38.6 Å². The summed E-state index contributed by atoms with van der Waals surface area (Å²) in [5, 5.41) is 0.805. The number of hydrogen-bond acceptors (Lipinski definition) is 6. The molecular formula is C16H19Cl2N5OS. The van der Waals surface area contributed by atoms with Gasteiger partial charge in [0.15, 0.2) is 0 Å². The van der Waals surface area contributed by atoms with E-state index in [-0.39, 0.29) is 16.8 Å². The number of nitrogens with zero attached hydrogens (tertiary/aromatic N) is 2. The number of halogens is 2. The van der Waals surface area contributed by atoms with Crippen LogP contribution in [-0.4, -0.2) is 29.6 Å². The van der Waals surface area contributed by atoms with Crippen LogP contribution in [0.25, 0.3) is 0 Å². The van der Waals surface area contributed by atoms with Crippen molar-refractivity contribution in [2.75, 3.05) is 30.3 Å². The van der Waals surface area contributed by atoms with E-state index in [9.17, 15) is 4.79 Å². The Hall–Kier alpha value is -1.41. The molecule has 0 amide bonds. The molecule has 0 radical (unpaired) electrons. The van der Waals surface area contributed by atoms with Crippen LogP contribution in [0.5, 0.6) is 0 Å². The van der Waals surface area contributed by atoms with Crippen molar-refractivity contribution >= 4 is 46.7 Å². The maximum atomic E-state index is 12.5. The Morgan fingerprint density at radius 1 is 1.44 bits per heavy atom. The molecule has 1 aliphatic rings. The molecular weight excluding hydrogens is 381 g/mol. The van der Waals surface area contributed by atoms with Crippen LogP contribution in [0.15, 0.2) is 32.8 Å². The molecule has 134 valence electrons. The average molecular weight is 400 g/mol. The molecule has 1 aromatic heterocycles. The van der Waals surface area contributed by atoms with Gasteiger partial charge < -0.3 is 16.4 Å². The molecule has 0 saturated carbocycles. The van der Waals surface area contributed by atoms with Gasteiger partial charge in [-0.15, -0.1) is 0 Å². The number of aromatic nitrogens is 2. The van der Waals surface area contributed by atoms with E-state index in [2.05, 4.69) is 16.9 Å². The fourth-order valence-electron chi connectivity index (χ4n) is 2.76. The minimum Gasteiger partial charge on any atom is -0.382 e. The van der Waals surface area contributed by atoms with Crippen LogP contribution in [0.3, 0.4) is 0 Å². The molecule has 25 heavy (non-hydrogen) atoms. The third-order valence-corrected chi connectivity index (χ3v) is 6.46. The number of nitrogen functional groups attached to an aromatic ring is 1. The molecule has 9 heteroatoms. The summed E-state index contributed by atoms with van der Waals surface area (Å²) >= 11 is 13.4. The van der Waals surface area contributed by atoms with Crippen molar-refractivity contribution in [2.45, 2.75) is 23.1 Å². The van der Waals surface area contributed by atoms with Crippen molar-refractivity contribution in [1.82, 2.24) is 9.97 Å². The first-order chi connectivity index (χ1) is 11.8. The lowest BCUT2D eigenvalue weighted by molar-refractivity contribution is 0.383. The van der Waals surface area contributed by atoms with E-state index in [1.165, 1.54) is 0 Å². The number of nitrogens with two attached hydrogens (primary N) is 2. The number of rotatable bonds is 4. The highest BCUT2D eigenvalue weighted by Gasteiger charge is 2.33. The third kappa shape index (κ3) is 3.74. The second kappa shape index (κ2) is 7.07. The Labute approximate surface area is 159 Å². The fraction of sp³-hybridized carbons (Fsp3) is 0.375. The Morgan fingerprint density at radius 2 is 2.20 bits per heavy atom. The van der Waals surface area contributed by atoms with Gasteiger partial charge in [0.05, 0.1) is 10.0 Å². The first-order valence-corrected chi connectivity index (χ1v) is 9.37. The first kappa shape index (κ1) is 18.4. The largest absolute Gasteiger partial charge is 0.382 e. The van der Waals surface area contributed by atoms with Crippen LogP contribution in [0, 0.1) is 5.41 Å². The van der Waals surface area contributed by atoms with E-state index in [4.69, 9.17) is 34.7 Å². The number of anilines is 2. The van der Waals surface area contributed by atoms with Gasteiger partial charge in [0.25, 0.3) is 5.56 Å². The monoisotopic (exact) mass is 399 g/mol. The number of H-pyrrole nitrogens is 1. The first-order valence-electron chi connectivity index (χ1n) is 7.80. The lowest BCUT2D eigenvalue weighted by Crippen LogP contribution is -2.33. The lowest BCUT2D eigenvalue weighted by Gasteiger charge is -2.23. The zero-order chi connectivity index (χ0) is 18.2. The van der Waals surface area contributed by atoms with Gasteiger partial charge in [-0.25, -0.2) is 0 Å². The molecule has 1 aliphatic heterocycles. The summed E-state index contributed by atoms with van der Waals surface area (Å²) in [6.45, 7) is 4.23. The Kier molecular flexibility index (Phi) is 5.20. The molecule has 3 rings (SSSR count). The van der Waals surface area contributed by atoms with Gasteiger partial charge in [-0.05, 0) is 30.5 Å². The van der Waals surface area contributed by atoms with E-state index in [0.717, 1.165) is 31.3 Å². The molecule has 1 atom stereocenters. The topological polar surface area (TPSA) is 101 Å². The molecule has 1 unspecified atom stereocenters. The van der Waals surface area contributed by atoms with Gasteiger partial charge in [-0.2, -0.15) is 4.98 Å². The third-order valence-electron chi connectivity index (χ3n) is 4.37. The second-order valence-corrected chi connectivity index (χ2v) is 8.28. The summed E-state index contributed by atoms with van der Waals surface area (Å²) < 4.78 is 0. The van der Waals surface area contributed by atoms with Gasteiger partial charge in [-0.1, -0.05) is 48.0 Å². The molecule has 0 aliphatic carbocycles. The highest BCUT2D eigenvalue weighted by Crippen LogP contribution is 2.38. The number of nitrogens with one attached hydrogen (secondary N) is 1. The van der Waals surface area contributed by atoms with Crippen molar-refractivity contribution in [3.8, 4) is 0 Å². The second-order valence-electron chi connectivity index (χ2n) is 6.44. The van der Waals surface area contributed by atoms with Crippen LogP contribution in [0.4, 0.5) is 11.8 Å². The van der Waals surface area contributed by atoms with E-state index in [1.807, 2.05) is 4.90 Å². The summed E-state index contributed by atoms with van der Waals surface area (Å²) in [5.41, 5.74) is 11.6. The Bertz CT molecular complexity index is 859.